The van der Waals surface area contributed by atoms with E-state index in [2.05, 4.69) is 46.6 Å². The molecule has 1 aliphatic carbocycles. The molecule has 0 N–H and O–H groups in total. The average Bonchev–Trinajstić information content (AvgIpc) is 2.94. The molecule has 1 saturated carbocycles. The molecule has 0 amide bonds. The largest absolute Gasteiger partial charge is 0.331 e. The van der Waals surface area contributed by atoms with Gasteiger partial charge in [-0.2, -0.15) is 0 Å². The van der Waals surface area contributed by atoms with Crippen molar-refractivity contribution in [3.63, 3.8) is 0 Å². The lowest BCUT2D eigenvalue weighted by atomic mass is 10.2. The molecule has 0 spiro atoms. The van der Waals surface area contributed by atoms with Gasteiger partial charge >= 0.3 is 0 Å². The lowest BCUT2D eigenvalue weighted by molar-refractivity contribution is 0.820. The van der Waals surface area contributed by atoms with Gasteiger partial charge in [0, 0.05) is 17.4 Å². The molecule has 1 fully saturated rings. The summed E-state index contributed by atoms with van der Waals surface area (Å²) in [5.41, 5.74) is 3.65. The highest BCUT2D eigenvalue weighted by atomic mass is 79.9. The maximum absolute atomic E-state index is 4.76. The van der Waals surface area contributed by atoms with E-state index < -0.39 is 0 Å². The molecule has 2 nitrogen and oxygen atoms in total. The van der Waals surface area contributed by atoms with Crippen LogP contribution < -0.4 is 0 Å². The second-order valence-electron chi connectivity index (χ2n) is 4.39. The summed E-state index contributed by atoms with van der Waals surface area (Å²) in [7, 11) is 2.12. The van der Waals surface area contributed by atoms with Gasteiger partial charge in [0.25, 0.3) is 0 Å². The minimum atomic E-state index is 0.709. The number of aryl methyl sites for hydroxylation is 2. The van der Waals surface area contributed by atoms with Crippen molar-refractivity contribution in [2.75, 3.05) is 0 Å². The molecule has 0 saturated heterocycles. The number of hydrogen-bond acceptors (Lipinski definition) is 1. The van der Waals surface area contributed by atoms with Crippen LogP contribution in [0.1, 0.15) is 30.1 Å². The second kappa shape index (κ2) is 3.08. The molecule has 2 aromatic rings. The third kappa shape index (κ3) is 1.41. The van der Waals surface area contributed by atoms with E-state index in [0.29, 0.717) is 5.92 Å². The van der Waals surface area contributed by atoms with E-state index >= 15 is 0 Å². The Kier molecular flexibility index (Phi) is 1.93. The van der Waals surface area contributed by atoms with Gasteiger partial charge in [-0.3, -0.25) is 0 Å². The Bertz CT molecular complexity index is 538. The summed E-state index contributed by atoms with van der Waals surface area (Å²) in [6.45, 7) is 2.12. The predicted octanol–water partition coefficient (Wildman–Crippen LogP) is 3.52. The molecule has 3 rings (SSSR count). The van der Waals surface area contributed by atoms with Crippen LogP contribution >= 0.6 is 15.9 Å². The average molecular weight is 265 g/mol. The molecule has 78 valence electrons. The molecule has 1 aromatic heterocycles. The van der Waals surface area contributed by atoms with Gasteiger partial charge in [0.15, 0.2) is 0 Å². The first-order valence-electron chi connectivity index (χ1n) is 5.29. The quantitative estimate of drug-likeness (QED) is 0.771. The minimum absolute atomic E-state index is 0.709. The summed E-state index contributed by atoms with van der Waals surface area (Å²) in [5, 5.41) is 0. The van der Waals surface area contributed by atoms with Crippen LogP contribution in [0.2, 0.25) is 0 Å². The normalized spacial score (nSPS) is 16.2. The van der Waals surface area contributed by atoms with Gasteiger partial charge in [0.1, 0.15) is 5.82 Å². The first-order chi connectivity index (χ1) is 7.16. The van der Waals surface area contributed by atoms with Crippen molar-refractivity contribution in [1.29, 1.82) is 0 Å². The molecule has 0 bridgehead atoms. The summed E-state index contributed by atoms with van der Waals surface area (Å²) in [4.78, 5) is 4.76. The molecule has 3 heteroatoms. The Morgan fingerprint density at radius 2 is 2.13 bits per heavy atom. The number of benzene rings is 1. The van der Waals surface area contributed by atoms with Gasteiger partial charge in [-0.25, -0.2) is 4.98 Å². The summed E-state index contributed by atoms with van der Waals surface area (Å²) in [6, 6.07) is 4.28. The topological polar surface area (TPSA) is 17.8 Å². The number of rotatable bonds is 1. The van der Waals surface area contributed by atoms with Crippen molar-refractivity contribution in [2.45, 2.75) is 25.7 Å². The van der Waals surface area contributed by atoms with Crippen LogP contribution in [0, 0.1) is 6.92 Å². The summed E-state index contributed by atoms with van der Waals surface area (Å²) in [5.74, 6) is 1.96. The lowest BCUT2D eigenvalue weighted by Gasteiger charge is -2.00. The number of halogens is 1. The van der Waals surface area contributed by atoms with E-state index in [1.54, 1.807) is 0 Å². The molecule has 0 unspecified atom stereocenters. The van der Waals surface area contributed by atoms with Gasteiger partial charge in [0.05, 0.1) is 11.0 Å². The summed E-state index contributed by atoms with van der Waals surface area (Å²) < 4.78 is 3.38. The minimum Gasteiger partial charge on any atom is -0.331 e. The van der Waals surface area contributed by atoms with E-state index in [1.165, 1.54) is 29.7 Å². The number of imidazole rings is 1. The Morgan fingerprint density at radius 1 is 1.40 bits per heavy atom. The van der Waals surface area contributed by atoms with E-state index in [-0.39, 0.29) is 0 Å². The van der Waals surface area contributed by atoms with Crippen LogP contribution in [-0.4, -0.2) is 9.55 Å². The number of nitrogens with zero attached hydrogens (tertiary/aromatic N) is 2. The maximum Gasteiger partial charge on any atom is 0.112 e. The molecule has 0 aliphatic heterocycles. The molecule has 1 aliphatic rings. The number of hydrogen-bond donors (Lipinski definition) is 0. The Hall–Kier alpha value is -0.830. The third-order valence-electron chi connectivity index (χ3n) is 3.12. The Morgan fingerprint density at radius 3 is 2.80 bits per heavy atom. The highest BCUT2D eigenvalue weighted by Gasteiger charge is 2.28. The lowest BCUT2D eigenvalue weighted by Crippen LogP contribution is -1.94. The maximum atomic E-state index is 4.76. The smallest absolute Gasteiger partial charge is 0.112 e. The summed E-state index contributed by atoms with van der Waals surface area (Å²) in [6.07, 6.45) is 2.61. The highest BCUT2D eigenvalue weighted by molar-refractivity contribution is 9.10. The van der Waals surface area contributed by atoms with E-state index in [9.17, 15) is 0 Å². The zero-order valence-corrected chi connectivity index (χ0v) is 10.5. The van der Waals surface area contributed by atoms with Gasteiger partial charge in [-0.1, -0.05) is 15.9 Å². The van der Waals surface area contributed by atoms with Crippen molar-refractivity contribution in [1.82, 2.24) is 9.55 Å². The first-order valence-corrected chi connectivity index (χ1v) is 6.08. The molecule has 1 aromatic carbocycles. The molecule has 1 heterocycles. The fourth-order valence-corrected chi connectivity index (χ4v) is 2.70. The van der Waals surface area contributed by atoms with Crippen molar-refractivity contribution >= 4 is 27.0 Å². The number of aromatic nitrogens is 2. The fraction of sp³-hybridized carbons (Fsp3) is 0.417. The molecular weight excluding hydrogens is 252 g/mol. The van der Waals surface area contributed by atoms with Gasteiger partial charge < -0.3 is 4.57 Å². The van der Waals surface area contributed by atoms with Crippen molar-refractivity contribution in [2.24, 2.45) is 7.05 Å². The summed E-state index contributed by atoms with van der Waals surface area (Å²) >= 11 is 3.54. The predicted molar refractivity (Wildman–Crippen MR) is 65.1 cm³/mol. The monoisotopic (exact) mass is 264 g/mol. The Labute approximate surface area is 97.4 Å². The molecular formula is C12H13BrN2. The SMILES string of the molecule is Cc1cc(Br)cc2c1nc(C1CC1)n2C. The standard InChI is InChI=1S/C12H13BrN2/c1-7-5-9(13)6-10-11(7)14-12(15(10)2)8-3-4-8/h5-6,8H,3-4H2,1-2H3. The van der Waals surface area contributed by atoms with Crippen LogP contribution in [0.3, 0.4) is 0 Å². The van der Waals surface area contributed by atoms with E-state index in [1.807, 2.05) is 0 Å². The molecule has 0 atom stereocenters. The highest BCUT2D eigenvalue weighted by Crippen LogP contribution is 2.40. The van der Waals surface area contributed by atoms with E-state index in [4.69, 9.17) is 4.98 Å². The van der Waals surface area contributed by atoms with Crippen LogP contribution in [0.5, 0.6) is 0 Å². The second-order valence-corrected chi connectivity index (χ2v) is 5.31. The van der Waals surface area contributed by atoms with Crippen LogP contribution in [-0.2, 0) is 7.05 Å². The fourth-order valence-electron chi connectivity index (χ4n) is 2.14. The van der Waals surface area contributed by atoms with Crippen LogP contribution in [0.25, 0.3) is 11.0 Å². The molecule has 0 radical (unpaired) electrons. The Balaban J connectivity index is 2.34. The van der Waals surface area contributed by atoms with Gasteiger partial charge in [-0.15, -0.1) is 0 Å². The van der Waals surface area contributed by atoms with Crippen LogP contribution in [0.4, 0.5) is 0 Å². The van der Waals surface area contributed by atoms with Crippen molar-refractivity contribution < 1.29 is 0 Å². The van der Waals surface area contributed by atoms with Crippen LogP contribution in [0.15, 0.2) is 16.6 Å². The van der Waals surface area contributed by atoms with Crippen molar-refractivity contribution in [3.05, 3.63) is 28.0 Å². The molecule has 15 heavy (non-hydrogen) atoms. The zero-order valence-electron chi connectivity index (χ0n) is 8.92. The number of fused-ring (bicyclic) bond motifs is 1. The van der Waals surface area contributed by atoms with Gasteiger partial charge in [-0.05, 0) is 37.5 Å². The zero-order chi connectivity index (χ0) is 10.6. The van der Waals surface area contributed by atoms with Gasteiger partial charge in [0.2, 0.25) is 0 Å². The van der Waals surface area contributed by atoms with E-state index in [0.717, 1.165) is 9.99 Å². The third-order valence-corrected chi connectivity index (χ3v) is 3.58. The van der Waals surface area contributed by atoms with Crippen molar-refractivity contribution in [3.8, 4) is 0 Å². The first kappa shape index (κ1) is 9.40.